The summed E-state index contributed by atoms with van der Waals surface area (Å²) in [6.45, 7) is 0. The molecule has 3 aromatic rings. The molecule has 0 aliphatic heterocycles. The highest BCUT2D eigenvalue weighted by Crippen LogP contribution is 2.29. The zero-order chi connectivity index (χ0) is 17.6. The summed E-state index contributed by atoms with van der Waals surface area (Å²) in [5, 5.41) is 0.729. The Morgan fingerprint density at radius 2 is 1.12 bits per heavy atom. The van der Waals surface area contributed by atoms with Crippen molar-refractivity contribution >= 4 is 23.3 Å². The van der Waals surface area contributed by atoms with Crippen LogP contribution in [0.2, 0.25) is 5.02 Å². The SMILES string of the molecule is COc1ccc(C(=Cc2ccc(Cl)cc2)c2ccc(OC)cc2)cc1. The van der Waals surface area contributed by atoms with Crippen LogP contribution in [-0.4, -0.2) is 14.2 Å². The maximum Gasteiger partial charge on any atom is 0.118 e. The summed E-state index contributed by atoms with van der Waals surface area (Å²) in [4.78, 5) is 0. The Hall–Kier alpha value is -2.71. The molecule has 0 spiro atoms. The number of ether oxygens (including phenoxy) is 2. The second-order valence-corrected chi connectivity index (χ2v) is 6.00. The zero-order valence-corrected chi connectivity index (χ0v) is 15.0. The molecule has 126 valence electrons. The fourth-order valence-electron chi connectivity index (χ4n) is 2.60. The average molecular weight is 351 g/mol. The van der Waals surface area contributed by atoms with Gasteiger partial charge in [-0.25, -0.2) is 0 Å². The number of hydrogen-bond donors (Lipinski definition) is 0. The normalized spacial score (nSPS) is 10.2. The van der Waals surface area contributed by atoms with E-state index >= 15 is 0 Å². The molecule has 0 bridgehead atoms. The van der Waals surface area contributed by atoms with Gasteiger partial charge in [0.25, 0.3) is 0 Å². The van der Waals surface area contributed by atoms with Gasteiger partial charge in [0.05, 0.1) is 14.2 Å². The van der Waals surface area contributed by atoms with Gasteiger partial charge in [-0.3, -0.25) is 0 Å². The Bertz CT molecular complexity index is 799. The van der Waals surface area contributed by atoms with E-state index in [0.29, 0.717) is 0 Å². The van der Waals surface area contributed by atoms with E-state index < -0.39 is 0 Å². The van der Waals surface area contributed by atoms with Gasteiger partial charge in [0.2, 0.25) is 0 Å². The van der Waals surface area contributed by atoms with Crippen LogP contribution < -0.4 is 9.47 Å². The lowest BCUT2D eigenvalue weighted by Gasteiger charge is -2.11. The molecule has 0 amide bonds. The molecule has 0 heterocycles. The third kappa shape index (κ3) is 4.23. The fraction of sp³-hybridized carbons (Fsp3) is 0.0909. The van der Waals surface area contributed by atoms with Gasteiger partial charge in [-0.15, -0.1) is 0 Å². The molecule has 0 unspecified atom stereocenters. The number of rotatable bonds is 5. The van der Waals surface area contributed by atoms with Crippen LogP contribution >= 0.6 is 11.6 Å². The molecule has 3 aromatic carbocycles. The van der Waals surface area contributed by atoms with Crippen LogP contribution in [0.1, 0.15) is 16.7 Å². The summed E-state index contributed by atoms with van der Waals surface area (Å²) in [5.41, 5.74) is 4.43. The Morgan fingerprint density at radius 1 is 0.680 bits per heavy atom. The highest BCUT2D eigenvalue weighted by Gasteiger charge is 2.07. The van der Waals surface area contributed by atoms with E-state index in [4.69, 9.17) is 21.1 Å². The molecule has 3 rings (SSSR count). The summed E-state index contributed by atoms with van der Waals surface area (Å²) in [7, 11) is 3.34. The lowest BCUT2D eigenvalue weighted by molar-refractivity contribution is 0.414. The number of hydrogen-bond acceptors (Lipinski definition) is 2. The van der Waals surface area contributed by atoms with Crippen LogP contribution in [0.25, 0.3) is 11.6 Å². The highest BCUT2D eigenvalue weighted by molar-refractivity contribution is 6.30. The Morgan fingerprint density at radius 3 is 1.52 bits per heavy atom. The molecule has 0 radical (unpaired) electrons. The van der Waals surface area contributed by atoms with Crippen molar-refractivity contribution in [3.8, 4) is 11.5 Å². The topological polar surface area (TPSA) is 18.5 Å². The Balaban J connectivity index is 2.07. The summed E-state index contributed by atoms with van der Waals surface area (Å²) in [5.74, 6) is 1.67. The van der Waals surface area contributed by atoms with Gasteiger partial charge in [-0.1, -0.05) is 48.0 Å². The third-order valence-corrected chi connectivity index (χ3v) is 4.24. The standard InChI is InChI=1S/C22H19ClO2/c1-24-20-11-5-17(6-12-20)22(15-16-3-9-19(23)10-4-16)18-7-13-21(25-2)14-8-18/h3-15H,1-2H3. The van der Waals surface area contributed by atoms with Gasteiger partial charge in [0.15, 0.2) is 0 Å². The molecule has 2 nitrogen and oxygen atoms in total. The van der Waals surface area contributed by atoms with E-state index in [9.17, 15) is 0 Å². The first kappa shape index (κ1) is 17.1. The second-order valence-electron chi connectivity index (χ2n) is 5.57. The van der Waals surface area contributed by atoms with Gasteiger partial charge in [-0.2, -0.15) is 0 Å². The monoisotopic (exact) mass is 350 g/mol. The first-order valence-electron chi connectivity index (χ1n) is 7.96. The van der Waals surface area contributed by atoms with Crippen molar-refractivity contribution < 1.29 is 9.47 Å². The molecule has 0 aromatic heterocycles. The van der Waals surface area contributed by atoms with Crippen molar-refractivity contribution in [2.24, 2.45) is 0 Å². The minimum atomic E-state index is 0.729. The van der Waals surface area contributed by atoms with Crippen LogP contribution in [0.3, 0.4) is 0 Å². The van der Waals surface area contributed by atoms with Crippen molar-refractivity contribution in [2.45, 2.75) is 0 Å². The van der Waals surface area contributed by atoms with Gasteiger partial charge in [0.1, 0.15) is 11.5 Å². The summed E-state index contributed by atoms with van der Waals surface area (Å²) in [6.07, 6.45) is 2.15. The first-order valence-corrected chi connectivity index (χ1v) is 8.33. The lowest BCUT2D eigenvalue weighted by atomic mass is 9.95. The minimum Gasteiger partial charge on any atom is -0.497 e. The number of benzene rings is 3. The van der Waals surface area contributed by atoms with Gasteiger partial charge < -0.3 is 9.47 Å². The summed E-state index contributed by atoms with van der Waals surface area (Å²) >= 11 is 6.00. The van der Waals surface area contributed by atoms with Crippen molar-refractivity contribution in [3.63, 3.8) is 0 Å². The quantitative estimate of drug-likeness (QED) is 0.529. The van der Waals surface area contributed by atoms with E-state index in [1.165, 1.54) is 0 Å². The molecule has 3 heteroatoms. The number of methoxy groups -OCH3 is 2. The molecule has 25 heavy (non-hydrogen) atoms. The Kier molecular flexibility index (Phi) is 5.42. The maximum atomic E-state index is 6.00. The molecule has 0 aliphatic rings. The third-order valence-electron chi connectivity index (χ3n) is 3.98. The van der Waals surface area contributed by atoms with Crippen LogP contribution in [0, 0.1) is 0 Å². The first-order chi connectivity index (χ1) is 12.2. The van der Waals surface area contributed by atoms with Crippen LogP contribution in [-0.2, 0) is 0 Å². The van der Waals surface area contributed by atoms with Crippen LogP contribution in [0.5, 0.6) is 11.5 Å². The highest BCUT2D eigenvalue weighted by atomic mass is 35.5. The van der Waals surface area contributed by atoms with Gasteiger partial charge in [0, 0.05) is 5.02 Å². The largest absolute Gasteiger partial charge is 0.497 e. The predicted molar refractivity (Wildman–Crippen MR) is 104 cm³/mol. The van der Waals surface area contributed by atoms with Gasteiger partial charge >= 0.3 is 0 Å². The van der Waals surface area contributed by atoms with Crippen molar-refractivity contribution in [3.05, 3.63) is 94.5 Å². The molecular formula is C22H19ClO2. The summed E-state index contributed by atoms with van der Waals surface area (Å²) in [6, 6.07) is 23.9. The molecule has 0 fully saturated rings. The minimum absolute atomic E-state index is 0.729. The maximum absolute atomic E-state index is 6.00. The number of halogens is 1. The van der Waals surface area contributed by atoms with Crippen molar-refractivity contribution in [2.75, 3.05) is 14.2 Å². The second kappa shape index (κ2) is 7.91. The molecule has 0 saturated heterocycles. The lowest BCUT2D eigenvalue weighted by Crippen LogP contribution is -1.90. The average Bonchev–Trinajstić information content (AvgIpc) is 2.68. The van der Waals surface area contributed by atoms with E-state index in [2.05, 4.69) is 30.3 Å². The fourth-order valence-corrected chi connectivity index (χ4v) is 2.73. The van der Waals surface area contributed by atoms with Crippen LogP contribution in [0.4, 0.5) is 0 Å². The van der Waals surface area contributed by atoms with E-state index in [-0.39, 0.29) is 0 Å². The van der Waals surface area contributed by atoms with E-state index in [0.717, 1.165) is 38.8 Å². The van der Waals surface area contributed by atoms with E-state index in [1.807, 2.05) is 48.5 Å². The van der Waals surface area contributed by atoms with Crippen molar-refractivity contribution in [1.29, 1.82) is 0 Å². The summed E-state index contributed by atoms with van der Waals surface area (Å²) < 4.78 is 10.5. The molecule has 0 aliphatic carbocycles. The Labute approximate surface area is 153 Å². The van der Waals surface area contributed by atoms with Gasteiger partial charge in [-0.05, 0) is 64.7 Å². The predicted octanol–water partition coefficient (Wildman–Crippen LogP) is 5.95. The molecular weight excluding hydrogens is 332 g/mol. The van der Waals surface area contributed by atoms with Crippen LogP contribution in [0.15, 0.2) is 72.8 Å². The molecule has 0 N–H and O–H groups in total. The molecule has 0 atom stereocenters. The smallest absolute Gasteiger partial charge is 0.118 e. The molecule has 0 saturated carbocycles. The van der Waals surface area contributed by atoms with E-state index in [1.54, 1.807) is 14.2 Å². The zero-order valence-electron chi connectivity index (χ0n) is 14.2. The van der Waals surface area contributed by atoms with Crippen molar-refractivity contribution in [1.82, 2.24) is 0 Å².